The first-order valence-corrected chi connectivity index (χ1v) is 5.74. The third kappa shape index (κ3) is 1.88. The van der Waals surface area contributed by atoms with E-state index in [0.29, 0.717) is 0 Å². The average molecular weight is 218 g/mol. The first-order valence-electron chi connectivity index (χ1n) is 4.87. The van der Waals surface area contributed by atoms with E-state index in [2.05, 4.69) is 53.2 Å². The van der Waals surface area contributed by atoms with Crippen LogP contribution in [0.3, 0.4) is 0 Å². The molecule has 2 aromatic rings. The normalized spacial score (nSPS) is 12.1. The van der Waals surface area contributed by atoms with Crippen LogP contribution in [0.5, 0.6) is 0 Å². The molecule has 15 heavy (non-hydrogen) atoms. The molecule has 0 bridgehead atoms. The largest absolute Gasteiger partial charge is 0.320 e. The van der Waals surface area contributed by atoms with Crippen LogP contribution in [-0.4, -0.2) is 11.6 Å². The summed E-state index contributed by atoms with van der Waals surface area (Å²) in [6, 6.07) is 8.53. The van der Waals surface area contributed by atoms with Crippen LogP contribution in [0.2, 0.25) is 0 Å². The van der Waals surface area contributed by atoms with Crippen molar-refractivity contribution in [1.29, 1.82) is 0 Å². The second-order valence-electron chi connectivity index (χ2n) is 3.56. The van der Waals surface area contributed by atoms with Crippen molar-refractivity contribution in [2.75, 3.05) is 7.05 Å². The zero-order valence-corrected chi connectivity index (χ0v) is 10.0. The lowest BCUT2D eigenvalue weighted by Crippen LogP contribution is -2.10. The van der Waals surface area contributed by atoms with E-state index in [-0.39, 0.29) is 0 Å². The van der Waals surface area contributed by atoms with Crippen LogP contribution in [0.25, 0.3) is 11.3 Å². The molecule has 0 N–H and O–H groups in total. The molecule has 2 nitrogen and oxygen atoms in total. The average Bonchev–Trinajstić information content (AvgIpc) is 2.59. The summed E-state index contributed by atoms with van der Waals surface area (Å²) in [5.74, 6) is 0. The minimum atomic E-state index is 1.05. The quantitative estimate of drug-likeness (QED) is 0.700. The van der Waals surface area contributed by atoms with Crippen molar-refractivity contribution in [3.8, 4) is 11.3 Å². The number of hydrogen-bond acceptors (Lipinski definition) is 2. The van der Waals surface area contributed by atoms with Crippen LogP contribution in [0, 0.1) is 6.92 Å². The number of aryl methyl sites for hydroxylation is 1. The maximum Gasteiger partial charge on any atom is 0.184 e. The summed E-state index contributed by atoms with van der Waals surface area (Å²) in [6.07, 6.45) is 0. The highest BCUT2D eigenvalue weighted by molar-refractivity contribution is 7.07. The summed E-state index contributed by atoms with van der Waals surface area (Å²) in [7, 11) is 3.88. The summed E-state index contributed by atoms with van der Waals surface area (Å²) >= 11 is 1.67. The molecule has 1 aromatic heterocycles. The molecule has 0 aliphatic rings. The topological polar surface area (TPSA) is 17.3 Å². The van der Waals surface area contributed by atoms with Gasteiger partial charge in [0.2, 0.25) is 0 Å². The van der Waals surface area contributed by atoms with Gasteiger partial charge < -0.3 is 4.57 Å². The number of benzene rings is 1. The third-order valence-corrected chi connectivity index (χ3v) is 3.44. The van der Waals surface area contributed by atoms with E-state index in [1.807, 2.05) is 7.05 Å². The van der Waals surface area contributed by atoms with Gasteiger partial charge in [0, 0.05) is 19.5 Å². The number of aromatic nitrogens is 1. The zero-order valence-electron chi connectivity index (χ0n) is 9.19. The van der Waals surface area contributed by atoms with Gasteiger partial charge in [0.15, 0.2) is 4.80 Å². The molecule has 1 heterocycles. The third-order valence-electron chi connectivity index (χ3n) is 2.43. The molecule has 1 aromatic carbocycles. The Bertz CT molecular complexity index is 535. The van der Waals surface area contributed by atoms with E-state index in [0.717, 1.165) is 4.80 Å². The maximum absolute atomic E-state index is 4.22. The van der Waals surface area contributed by atoms with Crippen LogP contribution in [0.15, 0.2) is 34.6 Å². The van der Waals surface area contributed by atoms with Crippen LogP contribution >= 0.6 is 11.3 Å². The van der Waals surface area contributed by atoms with Crippen molar-refractivity contribution in [3.05, 3.63) is 40.0 Å². The summed E-state index contributed by atoms with van der Waals surface area (Å²) < 4.78 is 2.12. The molecule has 0 spiro atoms. The highest BCUT2D eigenvalue weighted by atomic mass is 32.1. The van der Waals surface area contributed by atoms with Crippen LogP contribution < -0.4 is 4.80 Å². The zero-order chi connectivity index (χ0) is 10.8. The fraction of sp³-hybridized carbons (Fsp3) is 0.250. The predicted octanol–water partition coefficient (Wildman–Crippen LogP) is 2.59. The van der Waals surface area contributed by atoms with Gasteiger partial charge in [0.1, 0.15) is 0 Å². The second kappa shape index (κ2) is 4.03. The maximum atomic E-state index is 4.22. The van der Waals surface area contributed by atoms with Gasteiger partial charge in [-0.15, -0.1) is 11.3 Å². The fourth-order valence-electron chi connectivity index (χ4n) is 1.64. The smallest absolute Gasteiger partial charge is 0.184 e. The SMILES string of the molecule is CN=c1scc(-c2cccc(C)c2)n1C. The lowest BCUT2D eigenvalue weighted by molar-refractivity contribution is 0.876. The number of thiazole rings is 1. The molecule has 0 unspecified atom stereocenters. The van der Waals surface area contributed by atoms with Gasteiger partial charge in [-0.05, 0) is 18.6 Å². The molecule has 0 atom stereocenters. The standard InChI is InChI=1S/C12H14N2S/c1-9-5-4-6-10(7-9)11-8-15-12(13-2)14(11)3/h4-8H,1-3H3. The highest BCUT2D eigenvalue weighted by Gasteiger charge is 2.03. The Morgan fingerprint density at radius 3 is 2.73 bits per heavy atom. The summed E-state index contributed by atoms with van der Waals surface area (Å²) in [5, 5.41) is 2.15. The Morgan fingerprint density at radius 2 is 2.13 bits per heavy atom. The number of rotatable bonds is 1. The first kappa shape index (κ1) is 10.2. The molecule has 0 fully saturated rings. The predicted molar refractivity (Wildman–Crippen MR) is 65.0 cm³/mol. The Kier molecular flexibility index (Phi) is 2.73. The Balaban J connectivity index is 2.60. The van der Waals surface area contributed by atoms with E-state index in [9.17, 15) is 0 Å². The number of hydrogen-bond donors (Lipinski definition) is 0. The van der Waals surface area contributed by atoms with Crippen molar-refractivity contribution in [2.45, 2.75) is 6.92 Å². The molecular weight excluding hydrogens is 204 g/mol. The molecule has 0 radical (unpaired) electrons. The van der Waals surface area contributed by atoms with Crippen molar-refractivity contribution in [3.63, 3.8) is 0 Å². The van der Waals surface area contributed by atoms with Crippen LogP contribution in [-0.2, 0) is 7.05 Å². The molecule has 3 heteroatoms. The molecule has 0 aliphatic heterocycles. The van der Waals surface area contributed by atoms with Gasteiger partial charge in [-0.25, -0.2) is 0 Å². The molecule has 2 rings (SSSR count). The van der Waals surface area contributed by atoms with Crippen molar-refractivity contribution < 1.29 is 0 Å². The Labute approximate surface area is 93.5 Å². The van der Waals surface area contributed by atoms with Crippen molar-refractivity contribution in [2.24, 2.45) is 12.0 Å². The van der Waals surface area contributed by atoms with Gasteiger partial charge >= 0.3 is 0 Å². The molecular formula is C12H14N2S. The minimum Gasteiger partial charge on any atom is -0.320 e. The lowest BCUT2D eigenvalue weighted by Gasteiger charge is -2.03. The molecule has 0 saturated carbocycles. The lowest BCUT2D eigenvalue weighted by atomic mass is 10.1. The summed E-state index contributed by atoms with van der Waals surface area (Å²) in [4.78, 5) is 5.27. The second-order valence-corrected chi connectivity index (χ2v) is 4.39. The number of nitrogens with zero attached hydrogens (tertiary/aromatic N) is 2. The van der Waals surface area contributed by atoms with E-state index >= 15 is 0 Å². The fourth-order valence-corrected chi connectivity index (χ4v) is 2.51. The van der Waals surface area contributed by atoms with Gasteiger partial charge in [-0.1, -0.05) is 23.8 Å². The van der Waals surface area contributed by atoms with E-state index in [1.165, 1.54) is 16.8 Å². The van der Waals surface area contributed by atoms with E-state index in [4.69, 9.17) is 0 Å². The van der Waals surface area contributed by atoms with Gasteiger partial charge in [-0.2, -0.15) is 0 Å². The summed E-state index contributed by atoms with van der Waals surface area (Å²) in [6.45, 7) is 2.11. The van der Waals surface area contributed by atoms with Gasteiger partial charge in [-0.3, -0.25) is 4.99 Å². The summed E-state index contributed by atoms with van der Waals surface area (Å²) in [5.41, 5.74) is 3.77. The Morgan fingerprint density at radius 1 is 1.33 bits per heavy atom. The van der Waals surface area contributed by atoms with Gasteiger partial charge in [0.25, 0.3) is 0 Å². The van der Waals surface area contributed by atoms with Crippen LogP contribution in [0.1, 0.15) is 5.56 Å². The molecule has 78 valence electrons. The monoisotopic (exact) mass is 218 g/mol. The van der Waals surface area contributed by atoms with E-state index in [1.54, 1.807) is 11.3 Å². The van der Waals surface area contributed by atoms with E-state index < -0.39 is 0 Å². The van der Waals surface area contributed by atoms with Crippen molar-refractivity contribution in [1.82, 2.24) is 4.57 Å². The molecule has 0 saturated heterocycles. The Hall–Kier alpha value is -1.35. The first-order chi connectivity index (χ1) is 7.22. The van der Waals surface area contributed by atoms with Crippen LogP contribution in [0.4, 0.5) is 0 Å². The molecule has 0 amide bonds. The van der Waals surface area contributed by atoms with Gasteiger partial charge in [0.05, 0.1) is 5.69 Å². The highest BCUT2D eigenvalue weighted by Crippen LogP contribution is 2.19. The minimum absolute atomic E-state index is 1.05. The molecule has 0 aliphatic carbocycles. The van der Waals surface area contributed by atoms with Crippen molar-refractivity contribution >= 4 is 11.3 Å².